The summed E-state index contributed by atoms with van der Waals surface area (Å²) in [5.74, 6) is 0. The summed E-state index contributed by atoms with van der Waals surface area (Å²) in [6.45, 7) is 0. The Bertz CT molecular complexity index is 4530. The molecule has 2 aromatic heterocycles. The van der Waals surface area contributed by atoms with E-state index >= 15 is 0 Å². The molecule has 2 aliphatic carbocycles. The summed E-state index contributed by atoms with van der Waals surface area (Å²) in [4.78, 5) is 2.41. The van der Waals surface area contributed by atoms with Crippen molar-refractivity contribution in [1.82, 2.24) is 4.57 Å². The number of nitrogens with zero attached hydrogens (tertiary/aromatic N) is 2. The first-order valence-corrected chi connectivity index (χ1v) is 26.7. The van der Waals surface area contributed by atoms with E-state index in [-0.39, 0.29) is 0 Å². The molecule has 0 radical (unpaired) electrons. The van der Waals surface area contributed by atoms with E-state index in [0.29, 0.717) is 0 Å². The Hall–Kier alpha value is -9.96. The lowest BCUT2D eigenvalue weighted by Gasteiger charge is -2.34. The fourth-order valence-corrected chi connectivity index (χ4v) is 13.8. The molecule has 0 N–H and O–H groups in total. The van der Waals surface area contributed by atoms with Gasteiger partial charge in [0.2, 0.25) is 0 Å². The Labute approximate surface area is 446 Å². The molecule has 0 unspecified atom stereocenters. The SMILES string of the molecule is c1ccc(-n2c3ccc(N(c4ccc(C5(c6ccccc6)c6ccccc6-c6ccccc65)cc4)c4ccc5c(c4)oc4ccccc45)cc3c3cc(C4(c5ccccc5)c5ccccc5-c5ccccc54)ccc32)cc1. The van der Waals surface area contributed by atoms with Gasteiger partial charge in [-0.05, 0) is 140 Å². The molecule has 2 aliphatic rings. The number of furan rings is 1. The van der Waals surface area contributed by atoms with Crippen LogP contribution in [-0.2, 0) is 10.8 Å². The van der Waals surface area contributed by atoms with E-state index < -0.39 is 10.8 Å². The Kier molecular flexibility index (Phi) is 9.47. The van der Waals surface area contributed by atoms with Crippen LogP contribution in [0.3, 0.4) is 0 Å². The van der Waals surface area contributed by atoms with Gasteiger partial charge in [-0.2, -0.15) is 0 Å². The minimum atomic E-state index is -0.547. The van der Waals surface area contributed by atoms with Crippen LogP contribution in [0.15, 0.2) is 296 Å². The molecule has 0 amide bonds. The maximum absolute atomic E-state index is 6.64. The molecule has 0 saturated carbocycles. The van der Waals surface area contributed by atoms with Crippen molar-refractivity contribution >= 4 is 60.8 Å². The molecule has 0 fully saturated rings. The molecule has 360 valence electrons. The van der Waals surface area contributed by atoms with Crippen LogP contribution in [0.1, 0.15) is 44.5 Å². The quantitative estimate of drug-likeness (QED) is 0.151. The highest BCUT2D eigenvalue weighted by molar-refractivity contribution is 6.12. The fraction of sp³-hybridized carbons (Fsp3) is 0.0270. The number of hydrogen-bond acceptors (Lipinski definition) is 2. The predicted octanol–water partition coefficient (Wildman–Crippen LogP) is 18.9. The molecule has 3 heteroatoms. The van der Waals surface area contributed by atoms with Gasteiger partial charge in [0.1, 0.15) is 11.2 Å². The molecule has 77 heavy (non-hydrogen) atoms. The predicted molar refractivity (Wildman–Crippen MR) is 317 cm³/mol. The number of hydrogen-bond donors (Lipinski definition) is 0. The van der Waals surface area contributed by atoms with Gasteiger partial charge in [-0.1, -0.05) is 212 Å². The van der Waals surface area contributed by atoms with Crippen LogP contribution in [0.4, 0.5) is 17.1 Å². The smallest absolute Gasteiger partial charge is 0.137 e. The number of aromatic nitrogens is 1. The fourth-order valence-electron chi connectivity index (χ4n) is 13.8. The van der Waals surface area contributed by atoms with Gasteiger partial charge < -0.3 is 13.9 Å². The van der Waals surface area contributed by atoms with Crippen molar-refractivity contribution in [1.29, 1.82) is 0 Å². The third-order valence-corrected chi connectivity index (χ3v) is 17.0. The van der Waals surface area contributed by atoms with Gasteiger partial charge in [0.15, 0.2) is 0 Å². The molecule has 2 heterocycles. The summed E-state index contributed by atoms with van der Waals surface area (Å²) in [6, 6.07) is 108. The molecule has 14 aromatic rings. The highest BCUT2D eigenvalue weighted by atomic mass is 16.3. The Morgan fingerprint density at radius 1 is 0.273 bits per heavy atom. The average molecular weight is 981 g/mol. The zero-order chi connectivity index (χ0) is 50.7. The van der Waals surface area contributed by atoms with E-state index in [2.05, 4.69) is 295 Å². The van der Waals surface area contributed by atoms with Crippen LogP contribution in [0.2, 0.25) is 0 Å². The van der Waals surface area contributed by atoms with E-state index in [1.54, 1.807) is 0 Å². The second kappa shape index (κ2) is 16.8. The van der Waals surface area contributed by atoms with Crippen LogP contribution < -0.4 is 4.90 Å². The maximum Gasteiger partial charge on any atom is 0.137 e. The Balaban J connectivity index is 0.941. The molecule has 0 bridgehead atoms. The number of benzene rings is 12. The van der Waals surface area contributed by atoms with Crippen LogP contribution in [-0.4, -0.2) is 4.57 Å². The van der Waals surface area contributed by atoms with E-state index in [0.717, 1.165) is 55.7 Å². The van der Waals surface area contributed by atoms with Crippen molar-refractivity contribution in [2.75, 3.05) is 4.90 Å². The van der Waals surface area contributed by atoms with Gasteiger partial charge in [0, 0.05) is 50.4 Å². The second-order valence-electron chi connectivity index (χ2n) is 20.7. The molecule has 0 saturated heterocycles. The van der Waals surface area contributed by atoms with Crippen molar-refractivity contribution in [2.45, 2.75) is 10.8 Å². The zero-order valence-corrected chi connectivity index (χ0v) is 42.0. The van der Waals surface area contributed by atoms with E-state index in [1.807, 2.05) is 6.07 Å². The van der Waals surface area contributed by atoms with Gasteiger partial charge in [0.05, 0.1) is 21.9 Å². The molecule has 3 nitrogen and oxygen atoms in total. The average Bonchev–Trinajstić information content (AvgIpc) is 4.32. The molecule has 16 rings (SSSR count). The lowest BCUT2D eigenvalue weighted by Crippen LogP contribution is -2.28. The number of anilines is 3. The Morgan fingerprint density at radius 2 is 0.675 bits per heavy atom. The molecule has 12 aromatic carbocycles. The Morgan fingerprint density at radius 3 is 1.26 bits per heavy atom. The van der Waals surface area contributed by atoms with Gasteiger partial charge >= 0.3 is 0 Å². The van der Waals surface area contributed by atoms with Crippen molar-refractivity contribution in [2.24, 2.45) is 0 Å². The standard InChI is InChI=1S/C74H48N2O/c1-4-20-49(21-5-1)73(65-31-15-10-26-57(65)58-27-11-16-32-66(58)73)51-36-39-54(40-37-51)75(56-41-43-62-61-30-14-19-35-71(61)77-72(62)48-56)55-42-45-70-64(47-55)63-46-52(38-44-69(63)76(70)53-24-8-3-9-25-53)74(50-22-6-2-7-23-50)67-33-17-12-28-59(67)60-29-13-18-34-68(60)74/h1-48H. The summed E-state index contributed by atoms with van der Waals surface area (Å²) in [7, 11) is 0. The lowest BCUT2D eigenvalue weighted by molar-refractivity contribution is 0.669. The maximum atomic E-state index is 6.64. The normalized spacial score (nSPS) is 13.7. The first-order valence-electron chi connectivity index (χ1n) is 26.7. The topological polar surface area (TPSA) is 21.3 Å². The highest BCUT2D eigenvalue weighted by Crippen LogP contribution is 2.58. The minimum absolute atomic E-state index is 0.516. The first-order chi connectivity index (χ1) is 38.2. The highest BCUT2D eigenvalue weighted by Gasteiger charge is 2.47. The van der Waals surface area contributed by atoms with Gasteiger partial charge in [-0.25, -0.2) is 0 Å². The van der Waals surface area contributed by atoms with Crippen molar-refractivity contribution in [3.05, 3.63) is 336 Å². The van der Waals surface area contributed by atoms with Gasteiger partial charge in [-0.3, -0.25) is 0 Å². The molecule has 0 aliphatic heterocycles. The summed E-state index contributed by atoms with van der Waals surface area (Å²) < 4.78 is 9.07. The molecule has 0 atom stereocenters. The largest absolute Gasteiger partial charge is 0.456 e. The van der Waals surface area contributed by atoms with Crippen LogP contribution in [0.25, 0.3) is 71.7 Å². The van der Waals surface area contributed by atoms with Crippen molar-refractivity contribution < 1.29 is 4.42 Å². The van der Waals surface area contributed by atoms with E-state index in [9.17, 15) is 0 Å². The third kappa shape index (κ3) is 6.14. The monoisotopic (exact) mass is 980 g/mol. The van der Waals surface area contributed by atoms with Crippen LogP contribution in [0.5, 0.6) is 0 Å². The first kappa shape index (κ1) is 43.4. The van der Waals surface area contributed by atoms with Crippen LogP contribution in [0, 0.1) is 0 Å². The minimum Gasteiger partial charge on any atom is -0.456 e. The summed E-state index contributed by atoms with van der Waals surface area (Å²) in [6.07, 6.45) is 0. The third-order valence-electron chi connectivity index (χ3n) is 17.0. The summed E-state index contributed by atoms with van der Waals surface area (Å²) in [5.41, 5.74) is 22.4. The number of para-hydroxylation sites is 2. The van der Waals surface area contributed by atoms with Gasteiger partial charge in [0.25, 0.3) is 0 Å². The molecule has 0 spiro atoms. The summed E-state index contributed by atoms with van der Waals surface area (Å²) >= 11 is 0. The molecular weight excluding hydrogens is 933 g/mol. The lowest BCUT2D eigenvalue weighted by atomic mass is 9.67. The van der Waals surface area contributed by atoms with Crippen LogP contribution >= 0.6 is 0 Å². The zero-order valence-electron chi connectivity index (χ0n) is 42.0. The van der Waals surface area contributed by atoms with Crippen molar-refractivity contribution in [3.8, 4) is 27.9 Å². The second-order valence-corrected chi connectivity index (χ2v) is 20.7. The number of rotatable bonds is 8. The van der Waals surface area contributed by atoms with Gasteiger partial charge in [-0.15, -0.1) is 0 Å². The van der Waals surface area contributed by atoms with E-state index in [1.165, 1.54) is 77.5 Å². The van der Waals surface area contributed by atoms with Crippen molar-refractivity contribution in [3.63, 3.8) is 0 Å². The summed E-state index contributed by atoms with van der Waals surface area (Å²) in [5, 5.41) is 4.56. The molecular formula is C74H48N2O. The number of fused-ring (bicyclic) bond motifs is 12. The van der Waals surface area contributed by atoms with E-state index in [4.69, 9.17) is 4.42 Å².